The Morgan fingerprint density at radius 3 is 2.42 bits per heavy atom. The first kappa shape index (κ1) is 19.5. The Bertz CT molecular complexity index is 902. The number of likely N-dealkylation sites (N-methyl/N-ethyl adjacent to an activating group) is 1. The lowest BCUT2D eigenvalue weighted by Gasteiger charge is -2.24. The third-order valence-electron chi connectivity index (χ3n) is 4.45. The van der Waals surface area contributed by atoms with Crippen LogP contribution in [0, 0.1) is 0 Å². The summed E-state index contributed by atoms with van der Waals surface area (Å²) in [6, 6.07) is 8.76. The minimum Gasteiger partial charge on any atom is -0.492 e. The lowest BCUT2D eigenvalue weighted by atomic mass is 10.1. The van der Waals surface area contributed by atoms with Crippen molar-refractivity contribution in [1.82, 2.24) is 14.0 Å². The van der Waals surface area contributed by atoms with Gasteiger partial charge in [-0.15, -0.1) is 0 Å². The van der Waals surface area contributed by atoms with Gasteiger partial charge in [-0.05, 0) is 26.1 Å². The third kappa shape index (κ3) is 3.85. The Balaban J connectivity index is 2.12. The molecule has 0 aliphatic heterocycles. The van der Waals surface area contributed by atoms with Gasteiger partial charge in [-0.2, -0.15) is 0 Å². The number of hydrogen-bond donors (Lipinski definition) is 1. The number of benzene rings is 1. The molecule has 1 aromatic carbocycles. The standard InChI is InChI=1S/C18H24N4O4/c1-12(20(2)10-11-26-13-8-6-5-7-9-13)15(23)14-16(19)21(3)18(25)22(4)17(14)24/h5-9,12H,10-11,19H2,1-4H3. The summed E-state index contributed by atoms with van der Waals surface area (Å²) in [4.78, 5) is 38.8. The number of Topliss-reactive ketones (excluding diaryl/α,β-unsaturated/α-hetero) is 1. The molecule has 0 bridgehead atoms. The van der Waals surface area contributed by atoms with Crippen molar-refractivity contribution >= 4 is 11.6 Å². The van der Waals surface area contributed by atoms with Crippen LogP contribution >= 0.6 is 0 Å². The molecular weight excluding hydrogens is 336 g/mol. The Hall–Kier alpha value is -2.87. The molecule has 0 aliphatic carbocycles. The Morgan fingerprint density at radius 2 is 1.81 bits per heavy atom. The number of rotatable bonds is 7. The summed E-state index contributed by atoms with van der Waals surface area (Å²) in [6.07, 6.45) is 0. The number of nitrogens with zero attached hydrogens (tertiary/aromatic N) is 3. The van der Waals surface area contributed by atoms with E-state index in [2.05, 4.69) is 0 Å². The first-order valence-electron chi connectivity index (χ1n) is 8.23. The summed E-state index contributed by atoms with van der Waals surface area (Å²) in [6.45, 7) is 2.56. The number of para-hydroxylation sites is 1. The zero-order valence-electron chi connectivity index (χ0n) is 15.4. The van der Waals surface area contributed by atoms with Gasteiger partial charge < -0.3 is 10.5 Å². The molecule has 1 aromatic heterocycles. The Labute approximate surface area is 151 Å². The number of carbonyl (C=O) groups is 1. The smallest absolute Gasteiger partial charge is 0.332 e. The molecule has 8 heteroatoms. The van der Waals surface area contributed by atoms with Gasteiger partial charge in [0, 0.05) is 20.6 Å². The second kappa shape index (κ2) is 8.01. The fourth-order valence-corrected chi connectivity index (χ4v) is 2.52. The van der Waals surface area contributed by atoms with Crippen molar-refractivity contribution in [2.75, 3.05) is 25.9 Å². The maximum absolute atomic E-state index is 12.8. The number of nitrogen functional groups attached to an aromatic ring is 1. The van der Waals surface area contributed by atoms with Gasteiger partial charge in [-0.3, -0.25) is 23.6 Å². The van der Waals surface area contributed by atoms with Gasteiger partial charge in [0.15, 0.2) is 5.78 Å². The normalized spacial score (nSPS) is 12.2. The highest BCUT2D eigenvalue weighted by molar-refractivity contribution is 6.03. The van der Waals surface area contributed by atoms with E-state index in [0.717, 1.165) is 14.9 Å². The highest BCUT2D eigenvalue weighted by Crippen LogP contribution is 2.11. The van der Waals surface area contributed by atoms with Crippen LogP contribution in [0.15, 0.2) is 39.9 Å². The average Bonchev–Trinajstić information content (AvgIpc) is 2.65. The van der Waals surface area contributed by atoms with Gasteiger partial charge in [-0.1, -0.05) is 18.2 Å². The lowest BCUT2D eigenvalue weighted by Crippen LogP contribution is -2.46. The second-order valence-electron chi connectivity index (χ2n) is 6.15. The lowest BCUT2D eigenvalue weighted by molar-refractivity contribution is 0.0851. The van der Waals surface area contributed by atoms with Gasteiger partial charge in [-0.25, -0.2) is 4.79 Å². The average molecular weight is 360 g/mol. The number of carbonyl (C=O) groups excluding carboxylic acids is 1. The summed E-state index contributed by atoms with van der Waals surface area (Å²) in [5.41, 5.74) is 4.43. The largest absolute Gasteiger partial charge is 0.492 e. The fourth-order valence-electron chi connectivity index (χ4n) is 2.52. The zero-order valence-corrected chi connectivity index (χ0v) is 15.4. The molecule has 0 aliphatic rings. The van der Waals surface area contributed by atoms with Crippen LogP contribution in [-0.2, 0) is 14.1 Å². The summed E-state index contributed by atoms with van der Waals surface area (Å²) in [5.74, 6) is 0.195. The molecule has 2 rings (SSSR count). The maximum Gasteiger partial charge on any atom is 0.332 e. The van der Waals surface area contributed by atoms with Crippen LogP contribution in [0.1, 0.15) is 17.3 Å². The monoisotopic (exact) mass is 360 g/mol. The molecule has 0 amide bonds. The SMILES string of the molecule is CC(C(=O)c1c(N)n(C)c(=O)n(C)c1=O)N(C)CCOc1ccccc1. The maximum atomic E-state index is 12.8. The summed E-state index contributed by atoms with van der Waals surface area (Å²) < 4.78 is 7.61. The Kier molecular flexibility index (Phi) is 5.99. The molecular formula is C18H24N4O4. The van der Waals surface area contributed by atoms with Gasteiger partial charge in [0.25, 0.3) is 5.56 Å². The van der Waals surface area contributed by atoms with E-state index >= 15 is 0 Å². The number of nitrogens with two attached hydrogens (primary N) is 1. The van der Waals surface area contributed by atoms with Crippen molar-refractivity contribution in [2.45, 2.75) is 13.0 Å². The predicted molar refractivity (Wildman–Crippen MR) is 99.7 cm³/mol. The summed E-state index contributed by atoms with van der Waals surface area (Å²) in [7, 11) is 4.51. The van der Waals surface area contributed by atoms with Gasteiger partial charge in [0.1, 0.15) is 23.7 Å². The number of ether oxygens (including phenoxy) is 1. The fraction of sp³-hybridized carbons (Fsp3) is 0.389. The molecule has 0 saturated carbocycles. The highest BCUT2D eigenvalue weighted by Gasteiger charge is 2.26. The summed E-state index contributed by atoms with van der Waals surface area (Å²) in [5, 5.41) is 0. The van der Waals surface area contributed by atoms with Crippen molar-refractivity contribution in [1.29, 1.82) is 0 Å². The van der Waals surface area contributed by atoms with Gasteiger partial charge >= 0.3 is 5.69 Å². The second-order valence-corrected chi connectivity index (χ2v) is 6.15. The van der Waals surface area contributed by atoms with Crippen LogP contribution in [0.5, 0.6) is 5.75 Å². The molecule has 2 N–H and O–H groups in total. The molecule has 0 saturated heterocycles. The van der Waals surface area contributed by atoms with Crippen molar-refractivity contribution in [2.24, 2.45) is 14.1 Å². The van der Waals surface area contributed by atoms with Crippen LogP contribution in [0.4, 0.5) is 5.82 Å². The molecule has 0 radical (unpaired) electrons. The first-order chi connectivity index (χ1) is 12.3. The van der Waals surface area contributed by atoms with Gasteiger partial charge in [0.05, 0.1) is 6.04 Å². The molecule has 1 atom stereocenters. The van der Waals surface area contributed by atoms with Crippen molar-refractivity contribution in [3.05, 3.63) is 56.7 Å². The zero-order chi connectivity index (χ0) is 19.4. The van der Waals surface area contributed by atoms with Crippen LogP contribution in [0.25, 0.3) is 0 Å². The van der Waals surface area contributed by atoms with E-state index in [-0.39, 0.29) is 11.4 Å². The van der Waals surface area contributed by atoms with E-state index < -0.39 is 23.1 Å². The topological polar surface area (TPSA) is 99.6 Å². The van der Waals surface area contributed by atoms with Crippen LogP contribution in [-0.4, -0.2) is 46.1 Å². The van der Waals surface area contributed by atoms with Crippen LogP contribution in [0.2, 0.25) is 0 Å². The van der Waals surface area contributed by atoms with Crippen LogP contribution in [0.3, 0.4) is 0 Å². The number of aromatic nitrogens is 2. The van der Waals surface area contributed by atoms with E-state index in [0.29, 0.717) is 13.2 Å². The molecule has 1 heterocycles. The molecule has 8 nitrogen and oxygen atoms in total. The Morgan fingerprint density at radius 1 is 1.19 bits per heavy atom. The number of ketones is 1. The molecule has 0 fully saturated rings. The van der Waals surface area contributed by atoms with Crippen molar-refractivity contribution in [3.8, 4) is 5.75 Å². The molecule has 0 spiro atoms. The van der Waals surface area contributed by atoms with Crippen molar-refractivity contribution < 1.29 is 9.53 Å². The van der Waals surface area contributed by atoms with Gasteiger partial charge in [0.2, 0.25) is 0 Å². The van der Waals surface area contributed by atoms with E-state index in [1.54, 1.807) is 18.9 Å². The van der Waals surface area contributed by atoms with E-state index in [1.165, 1.54) is 14.1 Å². The first-order valence-corrected chi connectivity index (χ1v) is 8.23. The minimum absolute atomic E-state index is 0.121. The summed E-state index contributed by atoms with van der Waals surface area (Å²) >= 11 is 0. The number of hydrogen-bond acceptors (Lipinski definition) is 6. The molecule has 26 heavy (non-hydrogen) atoms. The minimum atomic E-state index is -0.684. The van der Waals surface area contributed by atoms with Crippen LogP contribution < -0.4 is 21.7 Å². The van der Waals surface area contributed by atoms with E-state index in [1.807, 2.05) is 30.3 Å². The number of anilines is 1. The quantitative estimate of drug-likeness (QED) is 0.711. The third-order valence-corrected chi connectivity index (χ3v) is 4.45. The van der Waals surface area contributed by atoms with E-state index in [9.17, 15) is 14.4 Å². The molecule has 2 aromatic rings. The van der Waals surface area contributed by atoms with E-state index in [4.69, 9.17) is 10.5 Å². The molecule has 1 unspecified atom stereocenters. The van der Waals surface area contributed by atoms with Crippen molar-refractivity contribution in [3.63, 3.8) is 0 Å². The molecule has 140 valence electrons. The predicted octanol–water partition coefficient (Wildman–Crippen LogP) is 0.248. The highest BCUT2D eigenvalue weighted by atomic mass is 16.5.